The molecule has 2 N–H and O–H groups in total. The summed E-state index contributed by atoms with van der Waals surface area (Å²) in [6, 6.07) is 18.2. The summed E-state index contributed by atoms with van der Waals surface area (Å²) in [6.45, 7) is 0. The standard InChI is InChI=1S/C16H14N4O2/c21-15-18-14-13(19(15)11-7-3-1-4-8-11)17-16(22)20(14)12-9-5-2-6-10-12/h1-10,13-14H,(H,17,22)(H,18,21)/t13-,14+. The van der Waals surface area contributed by atoms with Gasteiger partial charge < -0.3 is 10.6 Å². The summed E-state index contributed by atoms with van der Waals surface area (Å²) in [7, 11) is 0. The molecule has 2 aliphatic rings. The maximum atomic E-state index is 12.3. The fourth-order valence-electron chi connectivity index (χ4n) is 2.95. The average Bonchev–Trinajstić information content (AvgIpc) is 3.01. The number of amides is 4. The second-order valence-electron chi connectivity index (χ2n) is 5.20. The van der Waals surface area contributed by atoms with Gasteiger partial charge >= 0.3 is 12.1 Å². The van der Waals surface area contributed by atoms with Gasteiger partial charge in [-0.2, -0.15) is 0 Å². The SMILES string of the molecule is O=C1N[C@H]2[C@@H](NC(=O)N2c2ccccc2)N1c1ccccc1. The van der Waals surface area contributed by atoms with E-state index < -0.39 is 12.3 Å². The Morgan fingerprint density at radius 2 is 1.00 bits per heavy atom. The monoisotopic (exact) mass is 294 g/mol. The number of carbonyl (C=O) groups is 2. The first-order valence-corrected chi connectivity index (χ1v) is 7.05. The molecule has 2 atom stereocenters. The van der Waals surface area contributed by atoms with Gasteiger partial charge in [-0.05, 0) is 24.3 Å². The lowest BCUT2D eigenvalue weighted by molar-refractivity contribution is 0.245. The van der Waals surface area contributed by atoms with Crippen molar-refractivity contribution in [2.24, 2.45) is 0 Å². The number of anilines is 2. The van der Waals surface area contributed by atoms with Crippen LogP contribution in [0.1, 0.15) is 0 Å². The number of carbonyl (C=O) groups excluding carboxylic acids is 2. The van der Waals surface area contributed by atoms with E-state index in [4.69, 9.17) is 0 Å². The minimum absolute atomic E-state index is 0.220. The van der Waals surface area contributed by atoms with E-state index in [-0.39, 0.29) is 12.1 Å². The molecule has 6 nitrogen and oxygen atoms in total. The van der Waals surface area contributed by atoms with E-state index in [0.29, 0.717) is 0 Å². The van der Waals surface area contributed by atoms with Crippen molar-refractivity contribution in [3.05, 3.63) is 60.7 Å². The Hall–Kier alpha value is -3.02. The minimum atomic E-state index is -0.428. The van der Waals surface area contributed by atoms with Crippen molar-refractivity contribution in [2.45, 2.75) is 12.3 Å². The highest BCUT2D eigenvalue weighted by molar-refractivity contribution is 6.03. The van der Waals surface area contributed by atoms with Gasteiger partial charge in [-0.15, -0.1) is 0 Å². The molecule has 2 aromatic carbocycles. The van der Waals surface area contributed by atoms with E-state index in [0.717, 1.165) is 11.4 Å². The van der Waals surface area contributed by atoms with Gasteiger partial charge in [0.2, 0.25) is 0 Å². The van der Waals surface area contributed by atoms with Crippen LogP contribution in [0.2, 0.25) is 0 Å². The van der Waals surface area contributed by atoms with Crippen LogP contribution in [0, 0.1) is 0 Å². The molecule has 2 aliphatic heterocycles. The number of fused-ring (bicyclic) bond motifs is 1. The lowest BCUT2D eigenvalue weighted by atomic mass is 10.2. The zero-order valence-corrected chi connectivity index (χ0v) is 11.6. The number of rotatable bonds is 2. The zero-order chi connectivity index (χ0) is 15.1. The summed E-state index contributed by atoms with van der Waals surface area (Å²) < 4.78 is 0. The number of nitrogens with zero attached hydrogens (tertiary/aromatic N) is 2. The second-order valence-corrected chi connectivity index (χ2v) is 5.20. The van der Waals surface area contributed by atoms with Crippen LogP contribution in [-0.2, 0) is 0 Å². The summed E-state index contributed by atoms with van der Waals surface area (Å²) in [4.78, 5) is 27.8. The van der Waals surface area contributed by atoms with Crippen LogP contribution >= 0.6 is 0 Å². The van der Waals surface area contributed by atoms with Crippen LogP contribution in [0.25, 0.3) is 0 Å². The highest BCUT2D eigenvalue weighted by Crippen LogP contribution is 2.30. The molecule has 4 amide bonds. The Kier molecular flexibility index (Phi) is 2.75. The molecule has 0 aliphatic carbocycles. The highest BCUT2D eigenvalue weighted by Gasteiger charge is 2.51. The van der Waals surface area contributed by atoms with Crippen LogP contribution in [0.4, 0.5) is 21.0 Å². The van der Waals surface area contributed by atoms with Crippen molar-refractivity contribution < 1.29 is 9.59 Å². The second kappa shape index (κ2) is 4.77. The molecule has 0 bridgehead atoms. The summed E-state index contributed by atoms with van der Waals surface area (Å²) >= 11 is 0. The quantitative estimate of drug-likeness (QED) is 0.891. The third-order valence-corrected chi connectivity index (χ3v) is 3.90. The van der Waals surface area contributed by atoms with Crippen molar-refractivity contribution in [1.82, 2.24) is 10.6 Å². The first-order valence-electron chi connectivity index (χ1n) is 7.05. The Labute approximate surface area is 127 Å². The molecule has 2 fully saturated rings. The Balaban J connectivity index is 1.70. The summed E-state index contributed by atoms with van der Waals surface area (Å²) in [6.07, 6.45) is -0.856. The van der Waals surface area contributed by atoms with Gasteiger partial charge in [0.05, 0.1) is 0 Å². The number of benzene rings is 2. The Bertz CT molecular complexity index is 656. The van der Waals surface area contributed by atoms with Crippen molar-refractivity contribution in [1.29, 1.82) is 0 Å². The van der Waals surface area contributed by atoms with Gasteiger partial charge in [-0.3, -0.25) is 9.80 Å². The van der Waals surface area contributed by atoms with E-state index in [1.165, 1.54) is 0 Å². The summed E-state index contributed by atoms with van der Waals surface area (Å²) in [5.74, 6) is 0. The minimum Gasteiger partial charge on any atom is -0.313 e. The molecule has 2 aromatic rings. The molecule has 4 rings (SSSR count). The topological polar surface area (TPSA) is 64.7 Å². The third-order valence-electron chi connectivity index (χ3n) is 3.90. The van der Waals surface area contributed by atoms with Gasteiger partial charge in [0.25, 0.3) is 0 Å². The van der Waals surface area contributed by atoms with Crippen LogP contribution in [0.15, 0.2) is 60.7 Å². The maximum Gasteiger partial charge on any atom is 0.325 e. The van der Waals surface area contributed by atoms with Gasteiger partial charge in [-0.25, -0.2) is 9.59 Å². The number of nitrogens with one attached hydrogen (secondary N) is 2. The van der Waals surface area contributed by atoms with Crippen LogP contribution in [0.3, 0.4) is 0 Å². The predicted octanol–water partition coefficient (Wildman–Crippen LogP) is 2.10. The first kappa shape index (κ1) is 12.7. The lowest BCUT2D eigenvalue weighted by Crippen LogP contribution is -2.43. The highest BCUT2D eigenvalue weighted by atomic mass is 16.2. The third kappa shape index (κ3) is 1.81. The number of hydrogen-bond acceptors (Lipinski definition) is 2. The van der Waals surface area contributed by atoms with Crippen LogP contribution in [0.5, 0.6) is 0 Å². The molecule has 0 aromatic heterocycles. The fourth-order valence-corrected chi connectivity index (χ4v) is 2.95. The van der Waals surface area contributed by atoms with Gasteiger partial charge in [0.1, 0.15) is 0 Å². The van der Waals surface area contributed by atoms with E-state index in [1.807, 2.05) is 60.7 Å². The smallest absolute Gasteiger partial charge is 0.313 e. The van der Waals surface area contributed by atoms with Gasteiger partial charge in [0.15, 0.2) is 12.3 Å². The van der Waals surface area contributed by atoms with Crippen molar-refractivity contribution in [3.63, 3.8) is 0 Å². The number of para-hydroxylation sites is 2. The lowest BCUT2D eigenvalue weighted by Gasteiger charge is -2.22. The van der Waals surface area contributed by atoms with Crippen LogP contribution < -0.4 is 20.4 Å². The molecule has 6 heteroatoms. The molecule has 0 radical (unpaired) electrons. The Morgan fingerprint density at radius 3 is 1.36 bits per heavy atom. The molecule has 2 saturated heterocycles. The zero-order valence-electron chi connectivity index (χ0n) is 11.6. The Morgan fingerprint density at radius 1 is 0.636 bits per heavy atom. The van der Waals surface area contributed by atoms with E-state index in [9.17, 15) is 9.59 Å². The molecule has 0 unspecified atom stereocenters. The molecule has 0 saturated carbocycles. The maximum absolute atomic E-state index is 12.3. The van der Waals surface area contributed by atoms with Crippen LogP contribution in [-0.4, -0.2) is 24.4 Å². The molecule has 2 heterocycles. The first-order chi connectivity index (χ1) is 10.8. The summed E-state index contributed by atoms with van der Waals surface area (Å²) in [5, 5.41) is 5.75. The van der Waals surface area contributed by atoms with Crippen molar-refractivity contribution in [3.8, 4) is 0 Å². The largest absolute Gasteiger partial charge is 0.325 e. The van der Waals surface area contributed by atoms with E-state index >= 15 is 0 Å². The molecule has 22 heavy (non-hydrogen) atoms. The van der Waals surface area contributed by atoms with Crippen molar-refractivity contribution >= 4 is 23.4 Å². The number of urea groups is 2. The molecule has 110 valence electrons. The van der Waals surface area contributed by atoms with Gasteiger partial charge in [-0.1, -0.05) is 36.4 Å². The van der Waals surface area contributed by atoms with E-state index in [2.05, 4.69) is 10.6 Å². The fraction of sp³-hybridized carbons (Fsp3) is 0.125. The molecular formula is C16H14N4O2. The molecule has 0 spiro atoms. The van der Waals surface area contributed by atoms with E-state index in [1.54, 1.807) is 9.80 Å². The van der Waals surface area contributed by atoms with Crippen molar-refractivity contribution in [2.75, 3.05) is 9.80 Å². The average molecular weight is 294 g/mol. The number of hydrogen-bond donors (Lipinski definition) is 2. The molecular weight excluding hydrogens is 280 g/mol. The van der Waals surface area contributed by atoms with Gasteiger partial charge in [0, 0.05) is 11.4 Å². The predicted molar refractivity (Wildman–Crippen MR) is 82.5 cm³/mol. The normalized spacial score (nSPS) is 23.3. The summed E-state index contributed by atoms with van der Waals surface area (Å²) in [5.41, 5.74) is 1.51.